The summed E-state index contributed by atoms with van der Waals surface area (Å²) in [5.41, 5.74) is 4.27. The molecule has 2 N–H and O–H groups in total. The number of hydrogen-bond acceptors (Lipinski definition) is 3. The Morgan fingerprint density at radius 1 is 1.26 bits per heavy atom. The fourth-order valence-corrected chi connectivity index (χ4v) is 2.90. The van der Waals surface area contributed by atoms with Gasteiger partial charge in [0.15, 0.2) is 0 Å². The molecule has 2 rings (SSSR count). The van der Waals surface area contributed by atoms with E-state index >= 15 is 0 Å². The summed E-state index contributed by atoms with van der Waals surface area (Å²) in [7, 11) is 0. The van der Waals surface area contributed by atoms with E-state index in [-0.39, 0.29) is 0 Å². The van der Waals surface area contributed by atoms with Crippen molar-refractivity contribution in [1.82, 2.24) is 5.32 Å². The molecule has 0 bridgehead atoms. The molecule has 106 valence electrons. The molecule has 0 aromatic rings. The van der Waals surface area contributed by atoms with Gasteiger partial charge >= 0.3 is 0 Å². The van der Waals surface area contributed by atoms with Crippen LogP contribution in [0.1, 0.15) is 46.5 Å². The largest absolute Gasteiger partial charge is 0.389 e. The molecule has 0 saturated heterocycles. The molecular weight excluding hydrogens is 260 g/mol. The molecule has 0 unspecified atom stereocenters. The Hall–Kier alpha value is -0.800. The standard InChI is InChI=1S/C15H23ClN2O/c1-10-7-8-17-14(16)12-6-4-5-11(12)13(10)18-9-15(2,3)19/h18-19H,4-9H2,1-3H3/b13-10+,17-14?. The highest BCUT2D eigenvalue weighted by Crippen LogP contribution is 2.35. The van der Waals surface area contributed by atoms with Crippen LogP contribution in [-0.2, 0) is 0 Å². The van der Waals surface area contributed by atoms with Gasteiger partial charge in [0, 0.05) is 18.8 Å². The average molecular weight is 283 g/mol. The van der Waals surface area contributed by atoms with Crippen molar-refractivity contribution in [1.29, 1.82) is 0 Å². The minimum atomic E-state index is -0.715. The van der Waals surface area contributed by atoms with E-state index in [1.54, 1.807) is 0 Å². The second-order valence-electron chi connectivity index (χ2n) is 6.05. The predicted octanol–water partition coefficient (Wildman–Crippen LogP) is 3.14. The molecule has 4 heteroatoms. The molecule has 1 heterocycles. The van der Waals surface area contributed by atoms with Crippen molar-refractivity contribution in [3.05, 3.63) is 22.4 Å². The number of aliphatic imine (C=N–C) groups is 1. The van der Waals surface area contributed by atoms with Crippen molar-refractivity contribution in [2.24, 2.45) is 4.99 Å². The molecule has 0 fully saturated rings. The highest BCUT2D eigenvalue weighted by Gasteiger charge is 2.24. The van der Waals surface area contributed by atoms with Gasteiger partial charge in [0.1, 0.15) is 5.17 Å². The first-order valence-corrected chi connectivity index (χ1v) is 7.35. The van der Waals surface area contributed by atoms with Crippen LogP contribution in [0.4, 0.5) is 0 Å². The highest BCUT2D eigenvalue weighted by molar-refractivity contribution is 6.69. The molecule has 0 radical (unpaired) electrons. The Morgan fingerprint density at radius 2 is 1.95 bits per heavy atom. The second-order valence-corrected chi connectivity index (χ2v) is 6.41. The van der Waals surface area contributed by atoms with Gasteiger partial charge in [-0.3, -0.25) is 4.99 Å². The Kier molecular flexibility index (Phi) is 4.36. The maximum absolute atomic E-state index is 9.90. The molecule has 3 nitrogen and oxygen atoms in total. The second kappa shape index (κ2) is 5.68. The molecule has 0 spiro atoms. The van der Waals surface area contributed by atoms with E-state index in [0.717, 1.165) is 32.2 Å². The van der Waals surface area contributed by atoms with Crippen molar-refractivity contribution in [2.75, 3.05) is 13.1 Å². The van der Waals surface area contributed by atoms with E-state index in [9.17, 15) is 5.11 Å². The Morgan fingerprint density at radius 3 is 2.63 bits per heavy atom. The molecule has 1 aliphatic heterocycles. The summed E-state index contributed by atoms with van der Waals surface area (Å²) in [6, 6.07) is 0. The van der Waals surface area contributed by atoms with E-state index < -0.39 is 5.60 Å². The molecule has 0 saturated carbocycles. The summed E-state index contributed by atoms with van der Waals surface area (Å²) in [5, 5.41) is 14.0. The fraction of sp³-hybridized carbons (Fsp3) is 0.667. The third kappa shape index (κ3) is 3.61. The van der Waals surface area contributed by atoms with Crippen LogP contribution < -0.4 is 5.32 Å². The van der Waals surface area contributed by atoms with Crippen LogP contribution in [0.2, 0.25) is 0 Å². The number of rotatable bonds is 3. The predicted molar refractivity (Wildman–Crippen MR) is 80.6 cm³/mol. The minimum Gasteiger partial charge on any atom is -0.389 e. The number of halogens is 1. The summed E-state index contributed by atoms with van der Waals surface area (Å²) in [6.07, 6.45) is 4.11. The first-order chi connectivity index (χ1) is 8.88. The maximum atomic E-state index is 9.90. The molecule has 0 amide bonds. The molecular formula is C15H23ClN2O. The smallest absolute Gasteiger partial charge is 0.127 e. The van der Waals surface area contributed by atoms with Crippen molar-refractivity contribution < 1.29 is 5.11 Å². The van der Waals surface area contributed by atoms with E-state index in [4.69, 9.17) is 11.6 Å². The summed E-state index contributed by atoms with van der Waals surface area (Å²) in [4.78, 5) is 4.43. The van der Waals surface area contributed by atoms with Gasteiger partial charge in [-0.25, -0.2) is 0 Å². The summed E-state index contributed by atoms with van der Waals surface area (Å²) in [5.74, 6) is 0. The summed E-state index contributed by atoms with van der Waals surface area (Å²) >= 11 is 6.29. The summed E-state index contributed by atoms with van der Waals surface area (Å²) in [6.45, 7) is 7.07. The SMILES string of the molecule is C/C1=C(\NCC(C)(C)O)C2=C(CCC2)C(Cl)=NCC1. The van der Waals surface area contributed by atoms with E-state index in [2.05, 4.69) is 17.2 Å². The van der Waals surface area contributed by atoms with Crippen LogP contribution in [0.3, 0.4) is 0 Å². The Labute approximate surface area is 120 Å². The number of nitrogens with one attached hydrogen (secondary N) is 1. The van der Waals surface area contributed by atoms with Gasteiger partial charge in [0.2, 0.25) is 0 Å². The maximum Gasteiger partial charge on any atom is 0.127 e. The van der Waals surface area contributed by atoms with Crippen LogP contribution in [-0.4, -0.2) is 29.0 Å². The van der Waals surface area contributed by atoms with Crippen LogP contribution >= 0.6 is 11.6 Å². The number of allylic oxidation sites excluding steroid dienone is 2. The number of nitrogens with zero attached hydrogens (tertiary/aromatic N) is 1. The van der Waals surface area contributed by atoms with Crippen LogP contribution in [0, 0.1) is 0 Å². The normalized spacial score (nSPS) is 24.8. The minimum absolute atomic E-state index is 0.547. The van der Waals surface area contributed by atoms with Gasteiger partial charge in [-0.15, -0.1) is 0 Å². The third-order valence-corrected chi connectivity index (χ3v) is 3.98. The molecule has 1 aliphatic carbocycles. The average Bonchev–Trinajstić information content (AvgIpc) is 2.75. The molecule has 0 atom stereocenters. The zero-order valence-corrected chi connectivity index (χ0v) is 12.8. The van der Waals surface area contributed by atoms with Crippen molar-refractivity contribution in [3.8, 4) is 0 Å². The van der Waals surface area contributed by atoms with Gasteiger partial charge in [0.05, 0.1) is 5.60 Å². The van der Waals surface area contributed by atoms with E-state index in [0.29, 0.717) is 11.7 Å². The molecule has 0 aromatic carbocycles. The summed E-state index contributed by atoms with van der Waals surface area (Å²) < 4.78 is 0. The fourth-order valence-electron chi connectivity index (χ4n) is 2.61. The monoisotopic (exact) mass is 282 g/mol. The highest BCUT2D eigenvalue weighted by atomic mass is 35.5. The lowest BCUT2D eigenvalue weighted by atomic mass is 10.00. The van der Waals surface area contributed by atoms with Gasteiger partial charge in [-0.1, -0.05) is 11.6 Å². The lowest BCUT2D eigenvalue weighted by Crippen LogP contribution is -2.35. The number of aliphatic hydroxyl groups is 1. The first kappa shape index (κ1) is 14.6. The lowest BCUT2D eigenvalue weighted by molar-refractivity contribution is 0.0826. The van der Waals surface area contributed by atoms with Crippen LogP contribution in [0.25, 0.3) is 0 Å². The van der Waals surface area contributed by atoms with Crippen LogP contribution in [0.5, 0.6) is 0 Å². The lowest BCUT2D eigenvalue weighted by Gasteiger charge is -2.24. The van der Waals surface area contributed by atoms with E-state index in [1.807, 2.05) is 13.8 Å². The van der Waals surface area contributed by atoms with Gasteiger partial charge in [-0.05, 0) is 63.2 Å². The third-order valence-electron chi connectivity index (χ3n) is 3.63. The molecule has 19 heavy (non-hydrogen) atoms. The molecule has 0 aromatic heterocycles. The van der Waals surface area contributed by atoms with Crippen molar-refractivity contribution in [2.45, 2.75) is 52.1 Å². The van der Waals surface area contributed by atoms with Crippen molar-refractivity contribution in [3.63, 3.8) is 0 Å². The van der Waals surface area contributed by atoms with Gasteiger partial charge in [-0.2, -0.15) is 0 Å². The zero-order chi connectivity index (χ0) is 14.0. The van der Waals surface area contributed by atoms with E-state index in [1.165, 1.54) is 22.4 Å². The zero-order valence-electron chi connectivity index (χ0n) is 12.0. The Balaban J connectivity index is 2.31. The topological polar surface area (TPSA) is 44.6 Å². The number of hydrogen-bond donors (Lipinski definition) is 2. The van der Waals surface area contributed by atoms with Gasteiger partial charge < -0.3 is 10.4 Å². The van der Waals surface area contributed by atoms with Gasteiger partial charge in [0.25, 0.3) is 0 Å². The molecule has 2 aliphatic rings. The quantitative estimate of drug-likeness (QED) is 0.835. The van der Waals surface area contributed by atoms with Crippen LogP contribution in [0.15, 0.2) is 27.4 Å². The van der Waals surface area contributed by atoms with Crippen molar-refractivity contribution >= 4 is 16.8 Å². The first-order valence-electron chi connectivity index (χ1n) is 6.97. The Bertz CT molecular complexity index is 455.